The monoisotopic (exact) mass is 316 g/mol. The molecule has 0 bridgehead atoms. The highest BCUT2D eigenvalue weighted by atomic mass is 16.1. The lowest BCUT2D eigenvalue weighted by molar-refractivity contribution is -0.147. The van der Waals surface area contributed by atoms with Crippen LogP contribution in [0.15, 0.2) is 0 Å². The van der Waals surface area contributed by atoms with Crippen LogP contribution in [0, 0.1) is 40.9 Å². The Labute approximate surface area is 143 Å². The highest BCUT2D eigenvalue weighted by molar-refractivity contribution is 5.85. The first-order chi connectivity index (χ1) is 11.1. The van der Waals surface area contributed by atoms with E-state index in [-0.39, 0.29) is 5.41 Å². The lowest BCUT2D eigenvalue weighted by Crippen LogP contribution is -2.52. The molecule has 7 atom stereocenters. The van der Waals surface area contributed by atoms with Crippen LogP contribution < -0.4 is 0 Å². The van der Waals surface area contributed by atoms with Crippen molar-refractivity contribution in [2.75, 3.05) is 0 Å². The van der Waals surface area contributed by atoms with E-state index in [2.05, 4.69) is 13.8 Å². The van der Waals surface area contributed by atoms with E-state index in [0.29, 0.717) is 5.78 Å². The molecule has 23 heavy (non-hydrogen) atoms. The van der Waals surface area contributed by atoms with Crippen LogP contribution in [0.5, 0.6) is 0 Å². The van der Waals surface area contributed by atoms with Crippen LogP contribution in [0.2, 0.25) is 0 Å². The molecule has 0 radical (unpaired) electrons. The van der Waals surface area contributed by atoms with Crippen molar-refractivity contribution in [2.24, 2.45) is 40.9 Å². The normalized spacial score (nSPS) is 49.9. The van der Waals surface area contributed by atoms with Gasteiger partial charge < -0.3 is 0 Å². The minimum Gasteiger partial charge on any atom is -0.299 e. The summed E-state index contributed by atoms with van der Waals surface area (Å²) in [6.07, 6.45) is 16.3. The van der Waals surface area contributed by atoms with Gasteiger partial charge in [-0.3, -0.25) is 4.79 Å². The number of carbonyl (C=O) groups is 1. The standard InChI is InChI=1S/C22H36O/c1-3-5-15-8-10-17-16(14-15)9-11-19-18(17)12-13-22(2)20(19)6-4-7-21(22)23/h15-20H,3-14H2,1-2H3. The smallest absolute Gasteiger partial charge is 0.139 e. The average molecular weight is 317 g/mol. The molecule has 4 aliphatic carbocycles. The number of rotatable bonds is 2. The number of carbonyl (C=O) groups excluding carboxylic acids is 1. The third kappa shape index (κ3) is 2.61. The SMILES string of the molecule is CCCC1CCC2C(CCC3C2CCC2(C)C(=O)CCCC32)C1. The fraction of sp³-hybridized carbons (Fsp3) is 0.955. The van der Waals surface area contributed by atoms with Crippen LogP contribution in [0.4, 0.5) is 0 Å². The van der Waals surface area contributed by atoms with E-state index in [4.69, 9.17) is 0 Å². The topological polar surface area (TPSA) is 17.1 Å². The summed E-state index contributed by atoms with van der Waals surface area (Å²) in [5.74, 6) is 6.29. The molecule has 0 aromatic heterocycles. The Morgan fingerprint density at radius 1 is 1.00 bits per heavy atom. The van der Waals surface area contributed by atoms with Crippen molar-refractivity contribution < 1.29 is 4.79 Å². The molecule has 0 saturated heterocycles. The molecule has 0 heterocycles. The Bertz CT molecular complexity index is 455. The molecule has 0 aliphatic heterocycles. The molecule has 4 fully saturated rings. The number of fused-ring (bicyclic) bond motifs is 5. The maximum Gasteiger partial charge on any atom is 0.139 e. The van der Waals surface area contributed by atoms with Gasteiger partial charge in [0.05, 0.1) is 0 Å². The summed E-state index contributed by atoms with van der Waals surface area (Å²) in [5.41, 5.74) is 0.0612. The molecule has 0 aromatic carbocycles. The zero-order chi connectivity index (χ0) is 16.0. The minimum absolute atomic E-state index is 0.0612. The zero-order valence-electron chi connectivity index (χ0n) is 15.4. The molecule has 130 valence electrons. The second-order valence-electron chi connectivity index (χ2n) is 9.67. The fourth-order valence-electron chi connectivity index (χ4n) is 7.59. The third-order valence-corrected chi connectivity index (χ3v) is 8.71. The molecule has 1 heteroatoms. The molecule has 7 unspecified atom stereocenters. The number of hydrogen-bond donors (Lipinski definition) is 0. The first-order valence-electron chi connectivity index (χ1n) is 10.7. The maximum atomic E-state index is 12.6. The Kier molecular flexibility index (Phi) is 4.35. The van der Waals surface area contributed by atoms with E-state index in [9.17, 15) is 4.79 Å². The van der Waals surface area contributed by atoms with Gasteiger partial charge in [0.15, 0.2) is 0 Å². The van der Waals surface area contributed by atoms with Gasteiger partial charge in [0.1, 0.15) is 5.78 Å². The lowest BCUT2D eigenvalue weighted by atomic mass is 9.47. The van der Waals surface area contributed by atoms with E-state index >= 15 is 0 Å². The lowest BCUT2D eigenvalue weighted by Gasteiger charge is -2.57. The minimum atomic E-state index is 0.0612. The summed E-state index contributed by atoms with van der Waals surface area (Å²) in [6, 6.07) is 0. The molecule has 0 aromatic rings. The quantitative estimate of drug-likeness (QED) is 0.609. The van der Waals surface area contributed by atoms with Gasteiger partial charge in [-0.2, -0.15) is 0 Å². The van der Waals surface area contributed by atoms with Crippen LogP contribution in [-0.4, -0.2) is 5.78 Å². The van der Waals surface area contributed by atoms with E-state index < -0.39 is 0 Å². The van der Waals surface area contributed by atoms with Crippen molar-refractivity contribution in [3.05, 3.63) is 0 Å². The highest BCUT2D eigenvalue weighted by Crippen LogP contribution is 2.60. The number of hydrogen-bond acceptors (Lipinski definition) is 1. The van der Waals surface area contributed by atoms with Gasteiger partial charge in [-0.15, -0.1) is 0 Å². The Hall–Kier alpha value is -0.330. The van der Waals surface area contributed by atoms with E-state index in [1.165, 1.54) is 70.6 Å². The maximum absolute atomic E-state index is 12.6. The Morgan fingerprint density at radius 3 is 2.65 bits per heavy atom. The predicted molar refractivity (Wildman–Crippen MR) is 95.1 cm³/mol. The van der Waals surface area contributed by atoms with Crippen LogP contribution in [-0.2, 0) is 4.79 Å². The highest BCUT2D eigenvalue weighted by Gasteiger charge is 2.55. The number of ketones is 1. The number of Topliss-reactive ketones (excluding diaryl/α,β-unsaturated/α-hetero) is 1. The predicted octanol–water partition coefficient (Wildman–Crippen LogP) is 6.01. The molecular formula is C22H36O. The van der Waals surface area contributed by atoms with Crippen molar-refractivity contribution in [2.45, 2.75) is 90.9 Å². The van der Waals surface area contributed by atoms with Crippen LogP contribution in [0.3, 0.4) is 0 Å². The second kappa shape index (κ2) is 6.19. The van der Waals surface area contributed by atoms with E-state index in [1.54, 1.807) is 0 Å². The Balaban J connectivity index is 1.50. The zero-order valence-corrected chi connectivity index (χ0v) is 15.4. The van der Waals surface area contributed by atoms with Crippen molar-refractivity contribution in [3.8, 4) is 0 Å². The van der Waals surface area contributed by atoms with Crippen molar-refractivity contribution in [1.29, 1.82) is 0 Å². The van der Waals surface area contributed by atoms with Crippen LogP contribution in [0.25, 0.3) is 0 Å². The molecule has 4 saturated carbocycles. The molecule has 1 nitrogen and oxygen atoms in total. The average Bonchev–Trinajstić information content (AvgIpc) is 2.56. The summed E-state index contributed by atoms with van der Waals surface area (Å²) < 4.78 is 0. The van der Waals surface area contributed by atoms with E-state index in [1.807, 2.05) is 0 Å². The summed E-state index contributed by atoms with van der Waals surface area (Å²) >= 11 is 0. The first kappa shape index (κ1) is 16.2. The fourth-order valence-corrected chi connectivity index (χ4v) is 7.59. The van der Waals surface area contributed by atoms with Gasteiger partial charge in [0.2, 0.25) is 0 Å². The molecule has 0 amide bonds. The first-order valence-corrected chi connectivity index (χ1v) is 10.7. The summed E-state index contributed by atoms with van der Waals surface area (Å²) in [7, 11) is 0. The van der Waals surface area contributed by atoms with Gasteiger partial charge in [-0.05, 0) is 86.9 Å². The largest absolute Gasteiger partial charge is 0.299 e. The van der Waals surface area contributed by atoms with Crippen molar-refractivity contribution in [1.82, 2.24) is 0 Å². The third-order valence-electron chi connectivity index (χ3n) is 8.71. The summed E-state index contributed by atoms with van der Waals surface area (Å²) in [4.78, 5) is 12.6. The molecule has 4 aliphatic rings. The molecule has 4 rings (SSSR count). The van der Waals surface area contributed by atoms with Gasteiger partial charge in [0.25, 0.3) is 0 Å². The Morgan fingerprint density at radius 2 is 1.83 bits per heavy atom. The van der Waals surface area contributed by atoms with E-state index in [0.717, 1.165) is 41.9 Å². The second-order valence-corrected chi connectivity index (χ2v) is 9.67. The molecule has 0 N–H and O–H groups in total. The van der Waals surface area contributed by atoms with Gasteiger partial charge in [-0.25, -0.2) is 0 Å². The summed E-state index contributed by atoms with van der Waals surface area (Å²) in [6.45, 7) is 4.69. The van der Waals surface area contributed by atoms with Crippen molar-refractivity contribution in [3.63, 3.8) is 0 Å². The summed E-state index contributed by atoms with van der Waals surface area (Å²) in [5, 5.41) is 0. The van der Waals surface area contributed by atoms with Crippen LogP contribution >= 0.6 is 0 Å². The van der Waals surface area contributed by atoms with Gasteiger partial charge >= 0.3 is 0 Å². The van der Waals surface area contributed by atoms with Gasteiger partial charge in [0, 0.05) is 11.8 Å². The molecular weight excluding hydrogens is 280 g/mol. The van der Waals surface area contributed by atoms with Crippen LogP contribution in [0.1, 0.15) is 90.9 Å². The van der Waals surface area contributed by atoms with Crippen molar-refractivity contribution >= 4 is 5.78 Å². The van der Waals surface area contributed by atoms with Gasteiger partial charge in [-0.1, -0.05) is 33.1 Å². The molecule has 0 spiro atoms.